The van der Waals surface area contributed by atoms with Crippen LogP contribution in [0.3, 0.4) is 0 Å². The van der Waals surface area contributed by atoms with Gasteiger partial charge in [0.05, 0.1) is 4.90 Å². The maximum absolute atomic E-state index is 12.4. The van der Waals surface area contributed by atoms with Crippen molar-refractivity contribution in [3.63, 3.8) is 0 Å². The van der Waals surface area contributed by atoms with Gasteiger partial charge in [-0.2, -0.15) is 13.2 Å². The van der Waals surface area contributed by atoms with E-state index in [1.807, 2.05) is 0 Å². The Morgan fingerprint density at radius 1 is 1.32 bits per heavy atom. The molecule has 1 amide bonds. The minimum Gasteiger partial charge on any atom is -0.386 e. The van der Waals surface area contributed by atoms with Crippen molar-refractivity contribution in [3.05, 3.63) is 41.2 Å². The van der Waals surface area contributed by atoms with Gasteiger partial charge in [0, 0.05) is 12.5 Å². The van der Waals surface area contributed by atoms with Gasteiger partial charge in [-0.3, -0.25) is 15.0 Å². The number of carbonyl (C=O) groups excluding carboxylic acids is 1. The van der Waals surface area contributed by atoms with Gasteiger partial charge in [-0.05, 0) is 24.3 Å². The van der Waals surface area contributed by atoms with E-state index in [0.717, 1.165) is 12.1 Å². The molecule has 22 heavy (non-hydrogen) atoms. The van der Waals surface area contributed by atoms with E-state index in [-0.39, 0.29) is 5.56 Å². The molecule has 0 aromatic heterocycles. The number of sulfone groups is 1. The van der Waals surface area contributed by atoms with Crippen molar-refractivity contribution in [1.82, 2.24) is 5.32 Å². The van der Waals surface area contributed by atoms with Crippen molar-refractivity contribution in [2.75, 3.05) is 6.61 Å². The molecule has 1 unspecified atom stereocenters. The second-order valence-corrected chi connectivity index (χ2v) is 6.41. The van der Waals surface area contributed by atoms with Gasteiger partial charge in [-0.15, -0.1) is 0 Å². The van der Waals surface area contributed by atoms with Gasteiger partial charge in [0.25, 0.3) is 15.7 Å². The summed E-state index contributed by atoms with van der Waals surface area (Å²) in [5.74, 6) is -0.830. The van der Waals surface area contributed by atoms with Crippen LogP contribution in [0.1, 0.15) is 17.3 Å². The monoisotopic (exact) mass is 336 g/mol. The summed E-state index contributed by atoms with van der Waals surface area (Å²) in [6.07, 6.45) is 0. The summed E-state index contributed by atoms with van der Waals surface area (Å²) < 4.78 is 59.4. The highest BCUT2D eigenvalue weighted by Gasteiger charge is 2.46. The Hall–Kier alpha value is -2.12. The molecule has 6 nitrogen and oxygen atoms in total. The van der Waals surface area contributed by atoms with Crippen molar-refractivity contribution >= 4 is 15.7 Å². The van der Waals surface area contributed by atoms with Crippen LogP contribution >= 0.6 is 0 Å². The Bertz CT molecular complexity index is 707. The maximum atomic E-state index is 12.4. The SMILES string of the molecule is [C-]#[N+]C(C)(CO)NC(=O)c1ccc(S(=O)(=O)C(F)(F)F)cc1. The van der Waals surface area contributed by atoms with Gasteiger partial charge in [0.2, 0.25) is 0 Å². The zero-order chi connectivity index (χ0) is 17.2. The van der Waals surface area contributed by atoms with E-state index in [2.05, 4.69) is 10.2 Å². The Morgan fingerprint density at radius 2 is 1.82 bits per heavy atom. The third-order valence-electron chi connectivity index (χ3n) is 2.67. The summed E-state index contributed by atoms with van der Waals surface area (Å²) >= 11 is 0. The van der Waals surface area contributed by atoms with Crippen molar-refractivity contribution < 1.29 is 31.5 Å². The molecule has 10 heteroatoms. The number of amides is 1. The van der Waals surface area contributed by atoms with Crippen molar-refractivity contribution in [1.29, 1.82) is 0 Å². The average molecular weight is 336 g/mol. The van der Waals surface area contributed by atoms with Crippen LogP contribution < -0.4 is 5.32 Å². The fourth-order valence-corrected chi connectivity index (χ4v) is 2.10. The molecular weight excluding hydrogens is 325 g/mol. The lowest BCUT2D eigenvalue weighted by molar-refractivity contribution is -0.0436. The molecule has 1 rings (SSSR count). The van der Waals surface area contributed by atoms with Crippen LogP contribution in [0.15, 0.2) is 29.2 Å². The molecule has 0 heterocycles. The van der Waals surface area contributed by atoms with E-state index < -0.39 is 38.4 Å². The summed E-state index contributed by atoms with van der Waals surface area (Å²) in [4.78, 5) is 13.8. The predicted octanol–water partition coefficient (Wildman–Crippen LogP) is 1.34. The number of halogens is 3. The van der Waals surface area contributed by atoms with E-state index in [0.29, 0.717) is 12.1 Å². The summed E-state index contributed by atoms with van der Waals surface area (Å²) in [6, 6.07) is 3.06. The summed E-state index contributed by atoms with van der Waals surface area (Å²) in [7, 11) is -5.48. The van der Waals surface area contributed by atoms with Crippen LogP contribution in [0, 0.1) is 6.57 Å². The van der Waals surface area contributed by atoms with Crippen molar-refractivity contribution in [2.24, 2.45) is 0 Å². The van der Waals surface area contributed by atoms with Gasteiger partial charge < -0.3 is 5.11 Å². The summed E-state index contributed by atoms with van der Waals surface area (Å²) in [5.41, 5.74) is -7.16. The average Bonchev–Trinajstić information content (AvgIpc) is 2.46. The molecular formula is C12H11F3N2O4S. The fourth-order valence-electron chi connectivity index (χ4n) is 1.34. The molecule has 0 bridgehead atoms. The Balaban J connectivity index is 3.05. The summed E-state index contributed by atoms with van der Waals surface area (Å²) in [6.45, 7) is 7.43. The molecule has 1 aromatic rings. The number of nitrogens with one attached hydrogen (secondary N) is 1. The van der Waals surface area contributed by atoms with Crippen LogP contribution in [0.5, 0.6) is 0 Å². The van der Waals surface area contributed by atoms with Crippen LogP contribution in [-0.2, 0) is 9.84 Å². The number of hydrogen-bond acceptors (Lipinski definition) is 4. The van der Waals surface area contributed by atoms with Gasteiger partial charge >= 0.3 is 11.2 Å². The van der Waals surface area contributed by atoms with Crippen LogP contribution in [0.25, 0.3) is 4.85 Å². The predicted molar refractivity (Wildman–Crippen MR) is 69.2 cm³/mol. The lowest BCUT2D eigenvalue weighted by atomic mass is 10.1. The van der Waals surface area contributed by atoms with Crippen molar-refractivity contribution in [3.8, 4) is 0 Å². The molecule has 1 atom stereocenters. The highest BCUT2D eigenvalue weighted by atomic mass is 32.2. The molecule has 0 spiro atoms. The largest absolute Gasteiger partial charge is 0.501 e. The maximum Gasteiger partial charge on any atom is 0.501 e. The van der Waals surface area contributed by atoms with Crippen LogP contribution in [0.4, 0.5) is 13.2 Å². The Kier molecular flexibility index (Phi) is 4.84. The molecule has 0 saturated heterocycles. The highest BCUT2D eigenvalue weighted by Crippen LogP contribution is 2.30. The topological polar surface area (TPSA) is 87.8 Å². The van der Waals surface area contributed by atoms with Gasteiger partial charge in [-0.1, -0.05) is 0 Å². The second kappa shape index (κ2) is 5.94. The lowest BCUT2D eigenvalue weighted by Gasteiger charge is -2.16. The zero-order valence-corrected chi connectivity index (χ0v) is 12.0. The van der Waals surface area contributed by atoms with Gasteiger partial charge in [0.1, 0.15) is 6.61 Å². The second-order valence-electron chi connectivity index (χ2n) is 4.47. The Morgan fingerprint density at radius 3 is 2.18 bits per heavy atom. The van der Waals surface area contributed by atoms with Crippen molar-refractivity contribution in [2.45, 2.75) is 23.0 Å². The number of aliphatic hydroxyl groups excluding tert-OH is 1. The van der Waals surface area contributed by atoms with E-state index in [9.17, 15) is 26.4 Å². The van der Waals surface area contributed by atoms with Crippen LogP contribution in [-0.4, -0.2) is 37.2 Å². The normalized spacial score (nSPS) is 14.7. The fraction of sp³-hybridized carbons (Fsp3) is 0.333. The molecule has 0 aliphatic rings. The number of carbonyl (C=O) groups is 1. The first-order valence-corrected chi connectivity index (χ1v) is 7.18. The molecule has 120 valence electrons. The quantitative estimate of drug-likeness (QED) is 0.812. The molecule has 0 radical (unpaired) electrons. The zero-order valence-electron chi connectivity index (χ0n) is 11.2. The van der Waals surface area contributed by atoms with Gasteiger partial charge in [-0.25, -0.2) is 15.0 Å². The third kappa shape index (κ3) is 3.55. The summed E-state index contributed by atoms with van der Waals surface area (Å²) in [5, 5.41) is 11.2. The van der Waals surface area contributed by atoms with E-state index in [4.69, 9.17) is 11.7 Å². The smallest absolute Gasteiger partial charge is 0.386 e. The first-order chi connectivity index (χ1) is 9.97. The van der Waals surface area contributed by atoms with E-state index in [1.165, 1.54) is 6.92 Å². The first kappa shape index (κ1) is 17.9. The van der Waals surface area contributed by atoms with Crippen LogP contribution in [0.2, 0.25) is 0 Å². The molecule has 0 aliphatic carbocycles. The molecule has 0 fully saturated rings. The number of aliphatic hydroxyl groups is 1. The number of alkyl halides is 3. The van der Waals surface area contributed by atoms with E-state index >= 15 is 0 Å². The highest BCUT2D eigenvalue weighted by molar-refractivity contribution is 7.92. The number of hydrogen-bond donors (Lipinski definition) is 2. The molecule has 0 saturated carbocycles. The number of rotatable bonds is 4. The minimum absolute atomic E-state index is 0.149. The standard InChI is InChI=1S/C12H11F3N2O4S/c1-11(7-18,16-2)17-10(19)8-3-5-9(6-4-8)22(20,21)12(13,14)15/h3-6,18H,7H2,1H3,(H,17,19). The molecule has 2 N–H and O–H groups in total. The molecule has 0 aliphatic heterocycles. The molecule has 1 aromatic carbocycles. The van der Waals surface area contributed by atoms with Gasteiger partial charge in [0.15, 0.2) is 0 Å². The number of nitrogens with zero attached hydrogens (tertiary/aromatic N) is 1. The third-order valence-corrected chi connectivity index (χ3v) is 4.17. The van der Waals surface area contributed by atoms with E-state index in [1.54, 1.807) is 0 Å². The minimum atomic E-state index is -5.48. The Labute approximate surface area is 124 Å². The first-order valence-electron chi connectivity index (χ1n) is 5.70. The number of benzene rings is 1. The lowest BCUT2D eigenvalue weighted by Crippen LogP contribution is -2.46.